The van der Waals surface area contributed by atoms with Crippen LogP contribution < -0.4 is 9.47 Å². The molecule has 0 bridgehead atoms. The zero-order valence-electron chi connectivity index (χ0n) is 20.2. The Morgan fingerprint density at radius 1 is 1.00 bits per heavy atom. The molecule has 7 nitrogen and oxygen atoms in total. The predicted molar refractivity (Wildman–Crippen MR) is 141 cm³/mol. The highest BCUT2D eigenvalue weighted by Gasteiger charge is 2.17. The first-order chi connectivity index (χ1) is 17.4. The molecule has 1 amide bonds. The molecular weight excluding hydrogens is 478 g/mol. The number of aromatic hydroxyl groups is 1. The van der Waals surface area contributed by atoms with Gasteiger partial charge in [0, 0.05) is 5.39 Å². The molecule has 1 heterocycles. The summed E-state index contributed by atoms with van der Waals surface area (Å²) < 4.78 is 13.0. The average molecular weight is 506 g/mol. The second kappa shape index (κ2) is 11.7. The summed E-state index contributed by atoms with van der Waals surface area (Å²) in [6.45, 7) is 5.10. The first-order valence-electron chi connectivity index (χ1n) is 11.8. The molecule has 0 fully saturated rings. The molecule has 0 saturated heterocycles. The molecule has 3 aromatic carbocycles. The Bertz CT molecular complexity index is 1360. The molecule has 0 aliphatic heterocycles. The topological polar surface area (TPSA) is 85.4 Å². The fourth-order valence-electron chi connectivity index (χ4n) is 3.65. The van der Waals surface area contributed by atoms with Crippen molar-refractivity contribution in [2.24, 2.45) is 16.1 Å². The lowest BCUT2D eigenvalue weighted by molar-refractivity contribution is -0.120. The lowest BCUT2D eigenvalue weighted by atomic mass is 10.1. The van der Waals surface area contributed by atoms with Gasteiger partial charge in [0.1, 0.15) is 11.5 Å². The molecule has 36 heavy (non-hydrogen) atoms. The van der Waals surface area contributed by atoms with Crippen molar-refractivity contribution < 1.29 is 19.4 Å². The van der Waals surface area contributed by atoms with Crippen molar-refractivity contribution in [3.63, 3.8) is 0 Å². The second-order valence-corrected chi connectivity index (χ2v) is 9.17. The number of para-hydroxylation sites is 2. The molecule has 4 aromatic rings. The van der Waals surface area contributed by atoms with Gasteiger partial charge in [0.15, 0.2) is 12.3 Å². The van der Waals surface area contributed by atoms with Gasteiger partial charge in [-0.2, -0.15) is 0 Å². The molecule has 0 aliphatic rings. The van der Waals surface area contributed by atoms with Crippen molar-refractivity contribution in [2.45, 2.75) is 26.8 Å². The van der Waals surface area contributed by atoms with Crippen LogP contribution in [0.5, 0.6) is 17.4 Å². The number of hydrogen-bond acceptors (Lipinski definition) is 5. The van der Waals surface area contributed by atoms with Crippen LogP contribution in [-0.4, -0.2) is 28.8 Å². The Hall–Kier alpha value is -3.84. The lowest BCUT2D eigenvalue weighted by Crippen LogP contribution is -2.08. The van der Waals surface area contributed by atoms with Crippen LogP contribution in [-0.2, 0) is 11.3 Å². The van der Waals surface area contributed by atoms with E-state index in [2.05, 4.69) is 24.1 Å². The van der Waals surface area contributed by atoms with E-state index in [0.717, 1.165) is 23.3 Å². The highest BCUT2D eigenvalue weighted by molar-refractivity contribution is 6.32. The summed E-state index contributed by atoms with van der Waals surface area (Å²) in [4.78, 5) is 12.3. The van der Waals surface area contributed by atoms with E-state index < -0.39 is 5.91 Å². The van der Waals surface area contributed by atoms with Crippen LogP contribution in [0, 0.1) is 5.92 Å². The average Bonchev–Trinajstić information content (AvgIpc) is 3.13. The molecular formula is C28H28ClN3O4. The first-order valence-corrected chi connectivity index (χ1v) is 12.1. The molecule has 1 aromatic heterocycles. The van der Waals surface area contributed by atoms with Gasteiger partial charge in [-0.05, 0) is 48.2 Å². The maximum absolute atomic E-state index is 12.3. The lowest BCUT2D eigenvalue weighted by Gasteiger charge is -2.10. The van der Waals surface area contributed by atoms with E-state index in [4.69, 9.17) is 21.1 Å². The van der Waals surface area contributed by atoms with E-state index in [0.29, 0.717) is 35.2 Å². The normalized spacial score (nSPS) is 11.4. The molecule has 0 unspecified atom stereocenters. The molecule has 0 aliphatic carbocycles. The third-order valence-corrected chi connectivity index (χ3v) is 5.91. The van der Waals surface area contributed by atoms with E-state index in [1.54, 1.807) is 28.8 Å². The van der Waals surface area contributed by atoms with Crippen LogP contribution >= 0.6 is 11.6 Å². The number of carbonyl (C=O) groups is 1. The van der Waals surface area contributed by atoms with Crippen molar-refractivity contribution >= 4 is 34.1 Å². The number of halogens is 1. The standard InChI is InChI=1S/C28H28ClN3O4/c1-19(2)15-16-35-21-13-11-20(12-14-21)17-32-24-9-5-3-7-22(24)27(28(32)34)31-30-26(33)18-36-25-10-6-4-8-23(25)29/h3-14,19,34H,15-18H2,1-2H3. The van der Waals surface area contributed by atoms with Gasteiger partial charge in [-0.25, -0.2) is 0 Å². The van der Waals surface area contributed by atoms with Crippen LogP contribution in [0.1, 0.15) is 25.8 Å². The molecule has 0 radical (unpaired) electrons. The minimum Gasteiger partial charge on any atom is -0.494 e. The van der Waals surface area contributed by atoms with E-state index in [1.807, 2.05) is 48.5 Å². The maximum Gasteiger partial charge on any atom is 0.302 e. The maximum atomic E-state index is 12.3. The van der Waals surface area contributed by atoms with Crippen molar-refractivity contribution in [3.05, 3.63) is 83.4 Å². The number of fused-ring (bicyclic) bond motifs is 1. The van der Waals surface area contributed by atoms with Gasteiger partial charge in [-0.3, -0.25) is 4.79 Å². The third-order valence-electron chi connectivity index (χ3n) is 5.59. The number of hydrogen-bond donors (Lipinski definition) is 1. The fourth-order valence-corrected chi connectivity index (χ4v) is 3.84. The Morgan fingerprint density at radius 2 is 1.72 bits per heavy atom. The number of carbonyl (C=O) groups excluding carboxylic acids is 1. The summed E-state index contributed by atoms with van der Waals surface area (Å²) in [7, 11) is 0. The molecule has 0 saturated carbocycles. The zero-order chi connectivity index (χ0) is 25.5. The summed E-state index contributed by atoms with van der Waals surface area (Å²) in [5, 5.41) is 19.9. The second-order valence-electron chi connectivity index (χ2n) is 8.76. The Balaban J connectivity index is 1.48. The number of ether oxygens (including phenoxy) is 2. The van der Waals surface area contributed by atoms with Crippen LogP contribution in [0.25, 0.3) is 10.9 Å². The number of benzene rings is 3. The zero-order valence-corrected chi connectivity index (χ0v) is 21.0. The minimum absolute atomic E-state index is 0.0722. The van der Waals surface area contributed by atoms with Gasteiger partial charge in [0.25, 0.3) is 0 Å². The van der Waals surface area contributed by atoms with E-state index in [1.165, 1.54) is 0 Å². The largest absolute Gasteiger partial charge is 0.494 e. The summed E-state index contributed by atoms with van der Waals surface area (Å²) in [5.74, 6) is 1.12. The quantitative estimate of drug-likeness (QED) is 0.232. The predicted octanol–water partition coefficient (Wildman–Crippen LogP) is 7.16. The van der Waals surface area contributed by atoms with Crippen molar-refractivity contribution in [2.75, 3.05) is 13.2 Å². The van der Waals surface area contributed by atoms with Crippen molar-refractivity contribution in [1.82, 2.24) is 4.57 Å². The molecule has 1 N–H and O–H groups in total. The summed E-state index contributed by atoms with van der Waals surface area (Å²) in [5.41, 5.74) is 1.99. The van der Waals surface area contributed by atoms with Gasteiger partial charge in [0.05, 0.1) is 23.7 Å². The van der Waals surface area contributed by atoms with E-state index in [-0.39, 0.29) is 18.2 Å². The van der Waals surface area contributed by atoms with E-state index >= 15 is 0 Å². The van der Waals surface area contributed by atoms with Crippen LogP contribution in [0.4, 0.5) is 5.69 Å². The smallest absolute Gasteiger partial charge is 0.302 e. The monoisotopic (exact) mass is 505 g/mol. The Labute approximate surface area is 214 Å². The van der Waals surface area contributed by atoms with Crippen molar-refractivity contribution in [3.8, 4) is 17.4 Å². The first kappa shape index (κ1) is 25.3. The summed E-state index contributed by atoms with van der Waals surface area (Å²) in [6.07, 6.45) is 0.997. The molecule has 0 atom stereocenters. The molecule has 8 heteroatoms. The number of rotatable bonds is 10. The summed E-state index contributed by atoms with van der Waals surface area (Å²) in [6, 6.07) is 22.1. The highest BCUT2D eigenvalue weighted by atomic mass is 35.5. The molecule has 4 rings (SSSR count). The summed E-state index contributed by atoms with van der Waals surface area (Å²) >= 11 is 6.05. The minimum atomic E-state index is -0.598. The van der Waals surface area contributed by atoms with Gasteiger partial charge in [0.2, 0.25) is 5.88 Å². The van der Waals surface area contributed by atoms with Gasteiger partial charge in [-0.1, -0.05) is 67.9 Å². The van der Waals surface area contributed by atoms with Crippen molar-refractivity contribution in [1.29, 1.82) is 0 Å². The van der Waals surface area contributed by atoms with Gasteiger partial charge >= 0.3 is 5.91 Å². The van der Waals surface area contributed by atoms with Crippen LogP contribution in [0.3, 0.4) is 0 Å². The van der Waals surface area contributed by atoms with Crippen LogP contribution in [0.2, 0.25) is 5.02 Å². The Kier molecular flexibility index (Phi) is 8.23. The number of azo groups is 1. The fraction of sp³-hybridized carbons (Fsp3) is 0.250. The van der Waals surface area contributed by atoms with Crippen LogP contribution in [0.15, 0.2) is 83.0 Å². The van der Waals surface area contributed by atoms with Gasteiger partial charge in [-0.15, -0.1) is 10.2 Å². The SMILES string of the molecule is CC(C)CCOc1ccc(Cn2c(O)c(N=NC(=O)COc3ccccc3Cl)c3ccccc32)cc1. The number of aromatic nitrogens is 1. The third kappa shape index (κ3) is 6.23. The highest BCUT2D eigenvalue weighted by Crippen LogP contribution is 2.39. The Morgan fingerprint density at radius 3 is 2.47 bits per heavy atom. The van der Waals surface area contributed by atoms with E-state index in [9.17, 15) is 9.90 Å². The number of nitrogens with zero attached hydrogens (tertiary/aromatic N) is 3. The molecule has 0 spiro atoms. The molecule has 186 valence electrons. The van der Waals surface area contributed by atoms with Gasteiger partial charge < -0.3 is 19.1 Å². The number of amides is 1.